The van der Waals surface area contributed by atoms with Crippen LogP contribution in [-0.4, -0.2) is 24.6 Å². The molecular formula is C12H11FO4. The first-order chi connectivity index (χ1) is 7.97. The van der Waals surface area contributed by atoms with Gasteiger partial charge in [-0.15, -0.1) is 0 Å². The summed E-state index contributed by atoms with van der Waals surface area (Å²) in [5, 5.41) is 0. The third-order valence-electron chi connectivity index (χ3n) is 2.23. The molecule has 90 valence electrons. The summed E-state index contributed by atoms with van der Waals surface area (Å²) in [4.78, 5) is 34.4. The number of ether oxygens (including phenoxy) is 1. The molecule has 0 aliphatic carbocycles. The van der Waals surface area contributed by atoms with Gasteiger partial charge in [-0.2, -0.15) is 0 Å². The number of ketones is 2. The van der Waals surface area contributed by atoms with E-state index < -0.39 is 29.3 Å². The lowest BCUT2D eigenvalue weighted by Gasteiger charge is -2.10. The molecule has 0 amide bonds. The van der Waals surface area contributed by atoms with Gasteiger partial charge in [0, 0.05) is 5.56 Å². The van der Waals surface area contributed by atoms with Gasteiger partial charge in [0.15, 0.2) is 17.5 Å². The van der Waals surface area contributed by atoms with Gasteiger partial charge < -0.3 is 4.74 Å². The SMILES string of the molecule is COC(=O)C(C(C)=O)C(=O)c1ccc(F)cc1. The Labute approximate surface area is 97.4 Å². The molecule has 0 N–H and O–H groups in total. The fourth-order valence-electron chi connectivity index (χ4n) is 1.36. The van der Waals surface area contributed by atoms with E-state index in [4.69, 9.17) is 0 Å². The van der Waals surface area contributed by atoms with E-state index in [-0.39, 0.29) is 5.56 Å². The zero-order valence-corrected chi connectivity index (χ0v) is 9.40. The lowest BCUT2D eigenvalue weighted by Crippen LogP contribution is -2.31. The highest BCUT2D eigenvalue weighted by Gasteiger charge is 2.32. The molecule has 1 atom stereocenters. The standard InChI is InChI=1S/C12H11FO4/c1-7(14)10(12(16)17-2)11(15)8-3-5-9(13)6-4-8/h3-6,10H,1-2H3. The van der Waals surface area contributed by atoms with Gasteiger partial charge in [-0.25, -0.2) is 4.39 Å². The number of hydrogen-bond donors (Lipinski definition) is 0. The van der Waals surface area contributed by atoms with Gasteiger partial charge in [-0.1, -0.05) is 0 Å². The molecule has 0 bridgehead atoms. The number of rotatable bonds is 4. The Morgan fingerprint density at radius 3 is 2.12 bits per heavy atom. The normalized spacial score (nSPS) is 11.7. The van der Waals surface area contributed by atoms with Crippen molar-refractivity contribution in [3.05, 3.63) is 35.6 Å². The number of halogens is 1. The van der Waals surface area contributed by atoms with Gasteiger partial charge >= 0.3 is 5.97 Å². The van der Waals surface area contributed by atoms with Crippen molar-refractivity contribution in [2.24, 2.45) is 5.92 Å². The second-order valence-corrected chi connectivity index (χ2v) is 3.44. The fourth-order valence-corrected chi connectivity index (χ4v) is 1.36. The van der Waals surface area contributed by atoms with E-state index in [0.29, 0.717) is 0 Å². The summed E-state index contributed by atoms with van der Waals surface area (Å²) in [7, 11) is 1.09. The molecule has 5 heteroatoms. The molecule has 0 saturated carbocycles. The zero-order chi connectivity index (χ0) is 13.0. The topological polar surface area (TPSA) is 60.4 Å². The molecule has 0 spiro atoms. The van der Waals surface area contributed by atoms with Crippen LogP contribution in [0.2, 0.25) is 0 Å². The second kappa shape index (κ2) is 5.34. The summed E-state index contributed by atoms with van der Waals surface area (Å²) in [6, 6.07) is 4.61. The molecule has 17 heavy (non-hydrogen) atoms. The quantitative estimate of drug-likeness (QED) is 0.451. The minimum Gasteiger partial charge on any atom is -0.468 e. The molecule has 0 fully saturated rings. The molecule has 0 radical (unpaired) electrons. The smallest absolute Gasteiger partial charge is 0.324 e. The van der Waals surface area contributed by atoms with Crippen LogP contribution in [-0.2, 0) is 14.3 Å². The Morgan fingerprint density at radius 1 is 1.18 bits per heavy atom. The van der Waals surface area contributed by atoms with Gasteiger partial charge in [-0.3, -0.25) is 14.4 Å². The highest BCUT2D eigenvalue weighted by Crippen LogP contribution is 2.12. The minimum absolute atomic E-state index is 0.0944. The molecule has 1 rings (SSSR count). The highest BCUT2D eigenvalue weighted by atomic mass is 19.1. The van der Waals surface area contributed by atoms with Crippen LogP contribution < -0.4 is 0 Å². The van der Waals surface area contributed by atoms with Crippen LogP contribution in [0, 0.1) is 11.7 Å². The predicted octanol–water partition coefficient (Wildman–Crippen LogP) is 1.39. The van der Waals surface area contributed by atoms with Gasteiger partial charge in [-0.05, 0) is 31.2 Å². The van der Waals surface area contributed by atoms with Gasteiger partial charge in [0.2, 0.25) is 0 Å². The summed E-state index contributed by atoms with van der Waals surface area (Å²) in [5.41, 5.74) is 0.0944. The van der Waals surface area contributed by atoms with E-state index in [2.05, 4.69) is 4.74 Å². The van der Waals surface area contributed by atoms with Crippen molar-refractivity contribution in [2.45, 2.75) is 6.92 Å². The molecule has 1 unspecified atom stereocenters. The van der Waals surface area contributed by atoms with Crippen LogP contribution in [0.25, 0.3) is 0 Å². The van der Waals surface area contributed by atoms with Crippen LogP contribution in [0.1, 0.15) is 17.3 Å². The summed E-state index contributed by atoms with van der Waals surface area (Å²) in [5.74, 6) is -4.19. The Hall–Kier alpha value is -2.04. The Kier molecular flexibility index (Phi) is 4.09. The molecule has 0 aliphatic heterocycles. The largest absolute Gasteiger partial charge is 0.468 e. The molecule has 0 aromatic heterocycles. The van der Waals surface area contributed by atoms with Crippen molar-refractivity contribution in [1.29, 1.82) is 0 Å². The first-order valence-electron chi connectivity index (χ1n) is 4.85. The number of Topliss-reactive ketones (excluding diaryl/α,β-unsaturated/α-hetero) is 2. The Balaban J connectivity index is 3.04. The number of carbonyl (C=O) groups is 3. The molecular weight excluding hydrogens is 227 g/mol. The van der Waals surface area contributed by atoms with Gasteiger partial charge in [0.05, 0.1) is 7.11 Å². The van der Waals surface area contributed by atoms with Crippen molar-refractivity contribution >= 4 is 17.5 Å². The van der Waals surface area contributed by atoms with Crippen LogP contribution in [0.3, 0.4) is 0 Å². The molecule has 4 nitrogen and oxygen atoms in total. The van der Waals surface area contributed by atoms with E-state index in [0.717, 1.165) is 26.2 Å². The first-order valence-corrected chi connectivity index (χ1v) is 4.85. The number of hydrogen-bond acceptors (Lipinski definition) is 4. The summed E-state index contributed by atoms with van der Waals surface area (Å²) >= 11 is 0. The monoisotopic (exact) mass is 238 g/mol. The first kappa shape index (κ1) is 13.0. The minimum atomic E-state index is -1.48. The fraction of sp³-hybridized carbons (Fsp3) is 0.250. The Morgan fingerprint density at radius 2 is 1.71 bits per heavy atom. The van der Waals surface area contributed by atoms with Crippen molar-refractivity contribution in [1.82, 2.24) is 0 Å². The number of benzene rings is 1. The molecule has 0 saturated heterocycles. The molecule has 0 heterocycles. The third-order valence-corrected chi connectivity index (χ3v) is 2.23. The molecule has 1 aromatic carbocycles. The average molecular weight is 238 g/mol. The third kappa shape index (κ3) is 2.96. The van der Waals surface area contributed by atoms with E-state index in [1.54, 1.807) is 0 Å². The van der Waals surface area contributed by atoms with E-state index in [1.807, 2.05) is 0 Å². The number of carbonyl (C=O) groups excluding carboxylic acids is 3. The maximum Gasteiger partial charge on any atom is 0.324 e. The second-order valence-electron chi connectivity index (χ2n) is 3.44. The number of esters is 1. The van der Waals surface area contributed by atoms with Crippen LogP contribution in [0.5, 0.6) is 0 Å². The average Bonchev–Trinajstić information content (AvgIpc) is 2.29. The zero-order valence-electron chi connectivity index (χ0n) is 9.40. The summed E-state index contributed by atoms with van der Waals surface area (Å²) in [6.07, 6.45) is 0. The predicted molar refractivity (Wildman–Crippen MR) is 56.9 cm³/mol. The Bertz CT molecular complexity index is 450. The van der Waals surface area contributed by atoms with Crippen molar-refractivity contribution in [3.63, 3.8) is 0 Å². The lowest BCUT2D eigenvalue weighted by atomic mass is 9.94. The van der Waals surface area contributed by atoms with E-state index in [9.17, 15) is 18.8 Å². The van der Waals surface area contributed by atoms with Crippen LogP contribution in [0.4, 0.5) is 4.39 Å². The lowest BCUT2D eigenvalue weighted by molar-refractivity contribution is -0.146. The van der Waals surface area contributed by atoms with Crippen LogP contribution in [0.15, 0.2) is 24.3 Å². The van der Waals surface area contributed by atoms with Crippen molar-refractivity contribution < 1.29 is 23.5 Å². The van der Waals surface area contributed by atoms with Crippen LogP contribution >= 0.6 is 0 Å². The summed E-state index contributed by atoms with van der Waals surface area (Å²) < 4.78 is 17.0. The van der Waals surface area contributed by atoms with Gasteiger partial charge in [0.25, 0.3) is 0 Å². The number of methoxy groups -OCH3 is 1. The highest BCUT2D eigenvalue weighted by molar-refractivity contribution is 6.21. The van der Waals surface area contributed by atoms with Crippen molar-refractivity contribution in [2.75, 3.05) is 7.11 Å². The maximum atomic E-state index is 12.7. The molecule has 0 aliphatic rings. The van der Waals surface area contributed by atoms with Crippen molar-refractivity contribution in [3.8, 4) is 0 Å². The summed E-state index contributed by atoms with van der Waals surface area (Å²) in [6.45, 7) is 1.13. The van der Waals surface area contributed by atoms with E-state index >= 15 is 0 Å². The maximum absolute atomic E-state index is 12.7. The molecule has 1 aromatic rings. The van der Waals surface area contributed by atoms with Gasteiger partial charge in [0.1, 0.15) is 5.82 Å². The van der Waals surface area contributed by atoms with E-state index in [1.165, 1.54) is 12.1 Å².